The van der Waals surface area contributed by atoms with E-state index in [1.165, 1.54) is 5.56 Å². The topological polar surface area (TPSA) is 58.9 Å². The highest BCUT2D eigenvalue weighted by Crippen LogP contribution is 2.69. The summed E-state index contributed by atoms with van der Waals surface area (Å²) < 4.78 is 10.1. The van der Waals surface area contributed by atoms with Crippen LogP contribution >= 0.6 is 23.2 Å². The Hall–Kier alpha value is -3.02. The Kier molecular flexibility index (Phi) is 8.49. The zero-order valence-corrected chi connectivity index (χ0v) is 23.3. The highest BCUT2D eigenvalue weighted by Gasteiger charge is 2.65. The third-order valence-electron chi connectivity index (χ3n) is 7.45. The minimum Gasteiger partial charge on any atom is -0.491 e. The van der Waals surface area contributed by atoms with Crippen molar-refractivity contribution in [2.24, 2.45) is 5.92 Å². The maximum absolute atomic E-state index is 8.92. The van der Waals surface area contributed by atoms with Crippen LogP contribution in [0.1, 0.15) is 29.9 Å². The van der Waals surface area contributed by atoms with Crippen LogP contribution in [-0.2, 0) is 0 Å². The van der Waals surface area contributed by atoms with Gasteiger partial charge in [0.25, 0.3) is 0 Å². The van der Waals surface area contributed by atoms with Gasteiger partial charge in [-0.15, -0.1) is 23.2 Å². The van der Waals surface area contributed by atoms with Crippen molar-refractivity contribution in [3.8, 4) is 33.8 Å². The summed E-state index contributed by atoms with van der Waals surface area (Å²) >= 11 is 13.7. The van der Waals surface area contributed by atoms with Crippen molar-refractivity contribution >= 4 is 23.2 Å². The molecular weight excluding hydrogens is 531 g/mol. The highest BCUT2D eigenvalue weighted by atomic mass is 35.5. The van der Waals surface area contributed by atoms with Gasteiger partial charge in [-0.1, -0.05) is 79.7 Å². The molecule has 0 saturated heterocycles. The summed E-state index contributed by atoms with van der Waals surface area (Å²) in [4.78, 5) is 0. The molecule has 2 N–H and O–H groups in total. The van der Waals surface area contributed by atoms with Crippen molar-refractivity contribution in [1.29, 1.82) is 0 Å². The number of aliphatic hydroxyl groups excluding tert-OH is 2. The zero-order chi connectivity index (χ0) is 27.4. The number of rotatable bonds is 11. The second kappa shape index (κ2) is 12.0. The average molecular weight is 564 g/mol. The van der Waals surface area contributed by atoms with Crippen molar-refractivity contribution in [1.82, 2.24) is 0 Å². The molecule has 3 unspecified atom stereocenters. The van der Waals surface area contributed by atoms with Gasteiger partial charge in [0, 0.05) is 11.8 Å². The molecule has 1 saturated carbocycles. The van der Waals surface area contributed by atoms with Crippen molar-refractivity contribution in [2.75, 3.05) is 26.4 Å². The average Bonchev–Trinajstić information content (AvgIpc) is 3.56. The molecule has 4 nitrogen and oxygen atoms in total. The van der Waals surface area contributed by atoms with Crippen LogP contribution in [0.5, 0.6) is 11.5 Å². The quantitative estimate of drug-likeness (QED) is 0.186. The van der Waals surface area contributed by atoms with E-state index in [0.717, 1.165) is 39.3 Å². The zero-order valence-electron chi connectivity index (χ0n) is 21.8. The molecule has 4 aromatic rings. The molecule has 1 aliphatic rings. The molecule has 0 radical (unpaired) electrons. The molecule has 0 aromatic heterocycles. The van der Waals surface area contributed by atoms with Gasteiger partial charge in [0.15, 0.2) is 0 Å². The van der Waals surface area contributed by atoms with E-state index in [2.05, 4.69) is 55.5 Å². The fraction of sp³-hybridized carbons (Fsp3) is 0.273. The number of benzene rings is 4. The number of hydrogen-bond acceptors (Lipinski definition) is 4. The number of aliphatic hydroxyl groups is 2. The van der Waals surface area contributed by atoms with E-state index in [-0.39, 0.29) is 44.2 Å². The first-order chi connectivity index (χ1) is 18.9. The van der Waals surface area contributed by atoms with Gasteiger partial charge in [0.05, 0.1) is 13.2 Å². The molecule has 202 valence electrons. The minimum absolute atomic E-state index is 0.00168. The molecule has 0 amide bonds. The molecule has 3 atom stereocenters. The standard InChI is InChI=1S/C33H32Cl2O4/c1-22(23-2-4-24(5-3-23)26-10-14-29(15-11-26)38-20-18-36)31-32(33(31,34)35)28-8-6-25(7-9-28)27-12-16-30(17-13-27)39-21-19-37/h2-17,22,31-32,36-37H,18-21H2,1H3. The van der Waals surface area contributed by atoms with Gasteiger partial charge >= 0.3 is 0 Å². The Morgan fingerprint density at radius 2 is 1.03 bits per heavy atom. The first-order valence-corrected chi connectivity index (χ1v) is 13.9. The van der Waals surface area contributed by atoms with E-state index in [1.807, 2.05) is 48.5 Å². The fourth-order valence-corrected chi connectivity index (χ4v) is 6.31. The first kappa shape index (κ1) is 27.5. The smallest absolute Gasteiger partial charge is 0.129 e. The summed E-state index contributed by atoms with van der Waals surface area (Å²) in [5.41, 5.74) is 6.78. The lowest BCUT2D eigenvalue weighted by Gasteiger charge is -2.13. The lowest BCUT2D eigenvalue weighted by atomic mass is 9.91. The summed E-state index contributed by atoms with van der Waals surface area (Å²) in [7, 11) is 0. The number of ether oxygens (including phenoxy) is 2. The Bertz CT molecular complexity index is 1350. The Morgan fingerprint density at radius 3 is 1.44 bits per heavy atom. The van der Waals surface area contributed by atoms with Crippen LogP contribution in [0.15, 0.2) is 97.1 Å². The van der Waals surface area contributed by atoms with Crippen LogP contribution in [-0.4, -0.2) is 41.0 Å². The number of halogens is 2. The normalized spacial score (nSPS) is 18.4. The van der Waals surface area contributed by atoms with Gasteiger partial charge in [-0.3, -0.25) is 0 Å². The van der Waals surface area contributed by atoms with Crippen LogP contribution in [0, 0.1) is 5.92 Å². The lowest BCUT2D eigenvalue weighted by Crippen LogP contribution is -2.02. The summed E-state index contributed by atoms with van der Waals surface area (Å²) in [6.07, 6.45) is 0. The minimum atomic E-state index is -0.810. The van der Waals surface area contributed by atoms with Crippen molar-refractivity contribution in [3.05, 3.63) is 108 Å². The van der Waals surface area contributed by atoms with Crippen LogP contribution in [0.4, 0.5) is 0 Å². The lowest BCUT2D eigenvalue weighted by molar-refractivity contribution is 0.201. The third kappa shape index (κ3) is 6.10. The molecule has 6 heteroatoms. The third-order valence-corrected chi connectivity index (χ3v) is 8.42. The van der Waals surface area contributed by atoms with E-state index in [4.69, 9.17) is 42.9 Å². The van der Waals surface area contributed by atoms with E-state index < -0.39 is 4.33 Å². The Balaban J connectivity index is 1.25. The maximum Gasteiger partial charge on any atom is 0.129 e. The second-order valence-electron chi connectivity index (χ2n) is 9.90. The van der Waals surface area contributed by atoms with E-state index in [9.17, 15) is 0 Å². The Labute approximate surface area is 239 Å². The molecule has 0 bridgehead atoms. The summed E-state index contributed by atoms with van der Waals surface area (Å²) in [5.74, 6) is 1.85. The van der Waals surface area contributed by atoms with E-state index >= 15 is 0 Å². The maximum atomic E-state index is 8.92. The largest absolute Gasteiger partial charge is 0.491 e. The number of alkyl halides is 2. The highest BCUT2D eigenvalue weighted by molar-refractivity contribution is 6.52. The van der Waals surface area contributed by atoms with Crippen LogP contribution in [0.2, 0.25) is 0 Å². The molecule has 0 aliphatic heterocycles. The molecule has 1 fully saturated rings. The van der Waals surface area contributed by atoms with Crippen molar-refractivity contribution in [3.63, 3.8) is 0 Å². The SMILES string of the molecule is CC(c1ccc(-c2ccc(OCCO)cc2)cc1)C1C(c2ccc(-c3ccc(OCCO)cc3)cc2)C1(Cl)Cl. The van der Waals surface area contributed by atoms with Gasteiger partial charge in [-0.25, -0.2) is 0 Å². The fourth-order valence-electron chi connectivity index (χ4n) is 5.29. The molecule has 1 aliphatic carbocycles. The monoisotopic (exact) mass is 562 g/mol. The molecule has 0 heterocycles. The van der Waals surface area contributed by atoms with Crippen LogP contribution < -0.4 is 9.47 Å². The second-order valence-corrected chi connectivity index (χ2v) is 11.3. The van der Waals surface area contributed by atoms with Gasteiger partial charge in [-0.2, -0.15) is 0 Å². The van der Waals surface area contributed by atoms with Crippen molar-refractivity contribution in [2.45, 2.75) is 23.1 Å². The summed E-state index contributed by atoms with van der Waals surface area (Å²) in [6, 6.07) is 32.8. The van der Waals surface area contributed by atoms with Crippen molar-refractivity contribution < 1.29 is 19.7 Å². The molecule has 39 heavy (non-hydrogen) atoms. The summed E-state index contributed by atoms with van der Waals surface area (Å²) in [6.45, 7) is 2.76. The van der Waals surface area contributed by atoms with E-state index in [0.29, 0.717) is 0 Å². The van der Waals surface area contributed by atoms with Gasteiger partial charge < -0.3 is 19.7 Å². The van der Waals surface area contributed by atoms with Gasteiger partial charge in [0.2, 0.25) is 0 Å². The van der Waals surface area contributed by atoms with Crippen LogP contribution in [0.25, 0.3) is 22.3 Å². The number of hydrogen-bond donors (Lipinski definition) is 2. The molecule has 0 spiro atoms. The predicted octanol–water partition coefficient (Wildman–Crippen LogP) is 7.45. The van der Waals surface area contributed by atoms with E-state index in [1.54, 1.807) is 0 Å². The molecular formula is C33H32Cl2O4. The Morgan fingerprint density at radius 1 is 0.641 bits per heavy atom. The summed E-state index contributed by atoms with van der Waals surface area (Å²) in [5, 5.41) is 17.8. The van der Waals surface area contributed by atoms with Crippen LogP contribution in [0.3, 0.4) is 0 Å². The first-order valence-electron chi connectivity index (χ1n) is 13.2. The van der Waals surface area contributed by atoms with Gasteiger partial charge in [-0.05, 0) is 63.6 Å². The molecule has 5 rings (SSSR count). The predicted molar refractivity (Wildman–Crippen MR) is 158 cm³/mol. The van der Waals surface area contributed by atoms with Gasteiger partial charge in [0.1, 0.15) is 29.0 Å². The molecule has 4 aromatic carbocycles.